The number of hydrogen-bond donors (Lipinski definition) is 1. The van der Waals surface area contributed by atoms with Crippen molar-refractivity contribution in [1.29, 1.82) is 0 Å². The Hall–Kier alpha value is -2.40. The molecular formula is C21H23ClFN3O. The van der Waals surface area contributed by atoms with Crippen molar-refractivity contribution in [3.05, 3.63) is 58.5 Å². The molecule has 0 fully saturated rings. The number of aromatic nitrogens is 2. The summed E-state index contributed by atoms with van der Waals surface area (Å²) in [5.74, 6) is 0.0954. The molecule has 4 nitrogen and oxygen atoms in total. The highest BCUT2D eigenvalue weighted by molar-refractivity contribution is 6.30. The van der Waals surface area contributed by atoms with Gasteiger partial charge in [0.1, 0.15) is 11.6 Å². The van der Waals surface area contributed by atoms with Crippen LogP contribution >= 0.6 is 11.6 Å². The zero-order valence-corrected chi connectivity index (χ0v) is 16.7. The molecule has 3 aromatic rings. The largest absolute Gasteiger partial charge is 0.342 e. The molecule has 0 aliphatic carbocycles. The van der Waals surface area contributed by atoms with E-state index in [1.807, 2.05) is 50.6 Å². The molecule has 0 spiro atoms. The van der Waals surface area contributed by atoms with E-state index in [0.717, 1.165) is 16.6 Å². The lowest BCUT2D eigenvalue weighted by molar-refractivity contribution is -0.117. The molecule has 0 atom stereocenters. The van der Waals surface area contributed by atoms with Gasteiger partial charge in [-0.25, -0.2) is 9.37 Å². The van der Waals surface area contributed by atoms with Gasteiger partial charge in [0.15, 0.2) is 0 Å². The number of pyridine rings is 1. The lowest BCUT2D eigenvalue weighted by Crippen LogP contribution is -2.20. The molecular weight excluding hydrogens is 365 g/mol. The molecule has 1 amide bonds. The first-order valence-corrected chi connectivity index (χ1v) is 9.21. The monoisotopic (exact) mass is 387 g/mol. The summed E-state index contributed by atoms with van der Waals surface area (Å²) < 4.78 is 16.1. The van der Waals surface area contributed by atoms with Crippen molar-refractivity contribution in [2.75, 3.05) is 5.32 Å². The van der Waals surface area contributed by atoms with Gasteiger partial charge in [-0.2, -0.15) is 0 Å². The molecule has 27 heavy (non-hydrogen) atoms. The number of carbonyl (C=O) groups is 1. The van der Waals surface area contributed by atoms with Gasteiger partial charge in [-0.3, -0.25) is 4.79 Å². The van der Waals surface area contributed by atoms with E-state index >= 15 is 0 Å². The summed E-state index contributed by atoms with van der Waals surface area (Å²) in [6, 6.07) is 8.80. The third-order valence-electron chi connectivity index (χ3n) is 4.26. The van der Waals surface area contributed by atoms with E-state index in [0.29, 0.717) is 24.3 Å². The summed E-state index contributed by atoms with van der Waals surface area (Å²) in [7, 11) is 0. The van der Waals surface area contributed by atoms with Crippen molar-refractivity contribution in [2.45, 2.75) is 40.7 Å². The fourth-order valence-electron chi connectivity index (χ4n) is 2.98. The van der Waals surface area contributed by atoms with Crippen molar-refractivity contribution in [1.82, 2.24) is 9.55 Å². The van der Waals surface area contributed by atoms with Crippen LogP contribution in [0.3, 0.4) is 0 Å². The number of aryl methyl sites for hydroxylation is 1. The van der Waals surface area contributed by atoms with Crippen LogP contribution in [-0.4, -0.2) is 15.5 Å². The van der Waals surface area contributed by atoms with Gasteiger partial charge in [-0.05, 0) is 36.1 Å². The number of hydrogen-bond acceptors (Lipinski definition) is 2. The minimum atomic E-state index is -0.406. The summed E-state index contributed by atoms with van der Waals surface area (Å²) in [6.07, 6.45) is 2.28. The van der Waals surface area contributed by atoms with Crippen molar-refractivity contribution >= 4 is 34.4 Å². The normalized spacial score (nSPS) is 11.8. The number of benzene rings is 1. The van der Waals surface area contributed by atoms with Gasteiger partial charge in [-0.1, -0.05) is 44.5 Å². The zero-order valence-electron chi connectivity index (χ0n) is 15.9. The van der Waals surface area contributed by atoms with Gasteiger partial charge in [0.2, 0.25) is 5.91 Å². The van der Waals surface area contributed by atoms with E-state index in [9.17, 15) is 9.18 Å². The fourth-order valence-corrected chi connectivity index (χ4v) is 3.18. The van der Waals surface area contributed by atoms with Crippen molar-refractivity contribution in [3.63, 3.8) is 0 Å². The molecule has 142 valence electrons. The molecule has 1 aromatic carbocycles. The summed E-state index contributed by atoms with van der Waals surface area (Å²) in [5, 5.41) is 3.01. The minimum absolute atomic E-state index is 0.0575. The molecule has 2 heterocycles. The van der Waals surface area contributed by atoms with Gasteiger partial charge in [-0.15, -0.1) is 0 Å². The first-order chi connectivity index (χ1) is 12.6. The maximum absolute atomic E-state index is 14.2. The van der Waals surface area contributed by atoms with Gasteiger partial charge >= 0.3 is 0 Å². The van der Waals surface area contributed by atoms with E-state index < -0.39 is 5.82 Å². The summed E-state index contributed by atoms with van der Waals surface area (Å²) in [6.45, 7) is 8.31. The molecule has 6 heteroatoms. The Balaban J connectivity index is 1.88. The smallest absolute Gasteiger partial charge is 0.226 e. The molecule has 0 bridgehead atoms. The van der Waals surface area contributed by atoms with Crippen molar-refractivity contribution < 1.29 is 9.18 Å². The maximum Gasteiger partial charge on any atom is 0.226 e. The standard InChI is InChI=1S/C21H23ClFN3O/c1-13-10-17-16(24-20(13)25-18(27)11-21(2,3)4)8-9-26(17)12-14-6-5-7-15(22)19(14)23/h5-10H,11-12H2,1-4H3,(H,24,25,27). The van der Waals surface area contributed by atoms with Gasteiger partial charge in [0, 0.05) is 18.2 Å². The summed E-state index contributed by atoms with van der Waals surface area (Å²) >= 11 is 5.88. The fraction of sp³-hybridized carbons (Fsp3) is 0.333. The van der Waals surface area contributed by atoms with Crippen LogP contribution in [0.1, 0.15) is 38.3 Å². The van der Waals surface area contributed by atoms with Crippen molar-refractivity contribution in [3.8, 4) is 0 Å². The lowest BCUT2D eigenvalue weighted by Gasteiger charge is -2.17. The molecule has 0 saturated heterocycles. The summed E-state index contributed by atoms with van der Waals surface area (Å²) in [5.41, 5.74) is 2.90. The SMILES string of the molecule is Cc1cc2c(ccn2Cc2cccc(Cl)c2F)nc1NC(=O)CC(C)(C)C. The predicted molar refractivity (Wildman–Crippen MR) is 108 cm³/mol. The average Bonchev–Trinajstić information content (AvgIpc) is 2.92. The average molecular weight is 388 g/mol. The Morgan fingerprint density at radius 1 is 1.30 bits per heavy atom. The Morgan fingerprint density at radius 3 is 2.74 bits per heavy atom. The molecule has 3 rings (SSSR count). The van der Waals surface area contributed by atoms with Crippen LogP contribution in [-0.2, 0) is 11.3 Å². The molecule has 0 unspecified atom stereocenters. The Bertz CT molecular complexity index is 1000. The quantitative estimate of drug-likeness (QED) is 0.637. The van der Waals surface area contributed by atoms with E-state index in [1.165, 1.54) is 6.07 Å². The van der Waals surface area contributed by atoms with Crippen LogP contribution in [0, 0.1) is 18.2 Å². The number of carbonyl (C=O) groups excluding carboxylic acids is 1. The van der Waals surface area contributed by atoms with Gasteiger partial charge in [0.05, 0.1) is 22.6 Å². The first-order valence-electron chi connectivity index (χ1n) is 8.83. The van der Waals surface area contributed by atoms with E-state index in [4.69, 9.17) is 11.6 Å². The van der Waals surface area contributed by atoms with Gasteiger partial charge < -0.3 is 9.88 Å². The van der Waals surface area contributed by atoms with Crippen LogP contribution in [0.25, 0.3) is 11.0 Å². The number of anilines is 1. The second kappa shape index (κ2) is 7.31. The number of rotatable bonds is 4. The van der Waals surface area contributed by atoms with Crippen LogP contribution < -0.4 is 5.32 Å². The second-order valence-electron chi connectivity index (χ2n) is 8.00. The topological polar surface area (TPSA) is 46.9 Å². The lowest BCUT2D eigenvalue weighted by atomic mass is 9.92. The third kappa shape index (κ3) is 4.48. The number of nitrogens with zero attached hydrogens (tertiary/aromatic N) is 2. The van der Waals surface area contributed by atoms with Crippen LogP contribution in [0.2, 0.25) is 5.02 Å². The number of halogens is 2. The molecule has 0 aliphatic heterocycles. The molecule has 0 radical (unpaired) electrons. The molecule has 0 aliphatic rings. The Morgan fingerprint density at radius 2 is 2.04 bits per heavy atom. The molecule has 2 aromatic heterocycles. The highest BCUT2D eigenvalue weighted by atomic mass is 35.5. The van der Waals surface area contributed by atoms with Crippen molar-refractivity contribution in [2.24, 2.45) is 5.41 Å². The first kappa shape index (κ1) is 19.4. The number of nitrogens with one attached hydrogen (secondary N) is 1. The predicted octanol–water partition coefficient (Wildman–Crippen LogP) is 5.56. The zero-order chi connectivity index (χ0) is 19.8. The van der Waals surface area contributed by atoms with Crippen LogP contribution in [0.4, 0.5) is 10.2 Å². The Labute approximate surface area is 163 Å². The van der Waals surface area contributed by atoms with E-state index in [1.54, 1.807) is 12.1 Å². The highest BCUT2D eigenvalue weighted by Crippen LogP contribution is 2.25. The van der Waals surface area contributed by atoms with Crippen LogP contribution in [0.5, 0.6) is 0 Å². The second-order valence-corrected chi connectivity index (χ2v) is 8.41. The maximum atomic E-state index is 14.2. The van der Waals surface area contributed by atoms with E-state index in [2.05, 4.69) is 10.3 Å². The molecule has 1 N–H and O–H groups in total. The number of amides is 1. The number of fused-ring (bicyclic) bond motifs is 1. The Kier molecular flexibility index (Phi) is 5.24. The minimum Gasteiger partial charge on any atom is -0.342 e. The van der Waals surface area contributed by atoms with Crippen LogP contribution in [0.15, 0.2) is 36.5 Å². The summed E-state index contributed by atoms with van der Waals surface area (Å²) in [4.78, 5) is 16.8. The highest BCUT2D eigenvalue weighted by Gasteiger charge is 2.18. The molecule has 0 saturated carbocycles. The van der Waals surface area contributed by atoms with Gasteiger partial charge in [0.25, 0.3) is 0 Å². The van der Waals surface area contributed by atoms with E-state index in [-0.39, 0.29) is 16.3 Å². The third-order valence-corrected chi connectivity index (χ3v) is 4.56.